The standard InChI is InChI=1S/C18H19NO4/c1-11(12-6-4-3-5-7-12)19-10-18-9-8-13(23-18)14(17(21)22-2)15(18)16(19)20/h3-9,11,13-15H,10H2,1-2H3/t11-,13-,14-,15+,18-/m0/s1. The topological polar surface area (TPSA) is 55.8 Å². The Kier molecular flexibility index (Phi) is 3.10. The Morgan fingerprint density at radius 3 is 2.83 bits per heavy atom. The Labute approximate surface area is 134 Å². The van der Waals surface area contributed by atoms with Gasteiger partial charge in [-0.3, -0.25) is 9.59 Å². The Bertz CT molecular complexity index is 686. The van der Waals surface area contributed by atoms with E-state index >= 15 is 0 Å². The number of rotatable bonds is 3. The first kappa shape index (κ1) is 14.5. The maximum Gasteiger partial charge on any atom is 0.312 e. The molecule has 3 heterocycles. The highest BCUT2D eigenvalue weighted by atomic mass is 16.5. The number of methoxy groups -OCH3 is 1. The van der Waals surface area contributed by atoms with Gasteiger partial charge in [0.1, 0.15) is 11.5 Å². The van der Waals surface area contributed by atoms with Crippen molar-refractivity contribution >= 4 is 11.9 Å². The molecule has 0 aliphatic carbocycles. The Hall–Kier alpha value is -2.14. The van der Waals surface area contributed by atoms with Crippen LogP contribution in [0, 0.1) is 11.8 Å². The van der Waals surface area contributed by atoms with E-state index in [2.05, 4.69) is 0 Å². The molecule has 5 atom stereocenters. The fourth-order valence-corrected chi connectivity index (χ4v) is 4.17. The maximum absolute atomic E-state index is 13.0. The zero-order valence-electron chi connectivity index (χ0n) is 13.1. The molecule has 5 nitrogen and oxygen atoms in total. The second-order valence-electron chi connectivity index (χ2n) is 6.48. The van der Waals surface area contributed by atoms with Crippen LogP contribution in [-0.4, -0.2) is 42.1 Å². The van der Waals surface area contributed by atoms with E-state index < -0.39 is 17.4 Å². The first-order valence-electron chi connectivity index (χ1n) is 7.88. The first-order valence-corrected chi connectivity index (χ1v) is 7.88. The minimum atomic E-state index is -0.677. The molecule has 5 heteroatoms. The number of carbonyl (C=O) groups is 2. The maximum atomic E-state index is 13.0. The van der Waals surface area contributed by atoms with E-state index in [1.165, 1.54) is 7.11 Å². The summed E-state index contributed by atoms with van der Waals surface area (Å²) in [6.07, 6.45) is 3.50. The number of fused-ring (bicyclic) bond motifs is 1. The van der Waals surface area contributed by atoms with Crippen molar-refractivity contribution in [3.63, 3.8) is 0 Å². The number of ether oxygens (including phenoxy) is 2. The van der Waals surface area contributed by atoms with Crippen molar-refractivity contribution in [3.8, 4) is 0 Å². The minimum Gasteiger partial charge on any atom is -0.469 e. The molecule has 1 aromatic carbocycles. The molecule has 0 N–H and O–H groups in total. The molecule has 0 radical (unpaired) electrons. The van der Waals surface area contributed by atoms with Crippen LogP contribution in [-0.2, 0) is 19.1 Å². The third-order valence-corrected chi connectivity index (χ3v) is 5.35. The van der Waals surface area contributed by atoms with E-state index in [4.69, 9.17) is 9.47 Å². The van der Waals surface area contributed by atoms with Crippen LogP contribution in [0.2, 0.25) is 0 Å². The van der Waals surface area contributed by atoms with Crippen molar-refractivity contribution in [2.45, 2.75) is 24.7 Å². The molecule has 120 valence electrons. The van der Waals surface area contributed by atoms with Gasteiger partial charge in [0, 0.05) is 0 Å². The van der Waals surface area contributed by atoms with Gasteiger partial charge in [-0.25, -0.2) is 0 Å². The second-order valence-corrected chi connectivity index (χ2v) is 6.48. The number of nitrogens with zero attached hydrogens (tertiary/aromatic N) is 1. The van der Waals surface area contributed by atoms with Gasteiger partial charge in [0.2, 0.25) is 5.91 Å². The quantitative estimate of drug-likeness (QED) is 0.629. The summed E-state index contributed by atoms with van der Waals surface area (Å²) in [6, 6.07) is 9.84. The average molecular weight is 313 g/mol. The molecule has 1 amide bonds. The predicted molar refractivity (Wildman–Crippen MR) is 82.3 cm³/mol. The van der Waals surface area contributed by atoms with Crippen molar-refractivity contribution in [1.82, 2.24) is 4.90 Å². The number of hydrogen-bond acceptors (Lipinski definition) is 4. The van der Waals surface area contributed by atoms with Crippen LogP contribution in [0.5, 0.6) is 0 Å². The van der Waals surface area contributed by atoms with Gasteiger partial charge in [-0.15, -0.1) is 0 Å². The van der Waals surface area contributed by atoms with Crippen molar-refractivity contribution in [1.29, 1.82) is 0 Å². The highest BCUT2D eigenvalue weighted by molar-refractivity contribution is 5.91. The molecule has 3 aliphatic heterocycles. The monoisotopic (exact) mass is 313 g/mol. The lowest BCUT2D eigenvalue weighted by Gasteiger charge is -2.27. The van der Waals surface area contributed by atoms with Crippen LogP contribution in [0.25, 0.3) is 0 Å². The van der Waals surface area contributed by atoms with Gasteiger partial charge in [0.05, 0.1) is 31.7 Å². The van der Waals surface area contributed by atoms with Gasteiger partial charge in [-0.2, -0.15) is 0 Å². The summed E-state index contributed by atoms with van der Waals surface area (Å²) in [4.78, 5) is 27.0. The van der Waals surface area contributed by atoms with E-state index in [0.29, 0.717) is 6.54 Å². The fraction of sp³-hybridized carbons (Fsp3) is 0.444. The van der Waals surface area contributed by atoms with Crippen LogP contribution < -0.4 is 0 Å². The van der Waals surface area contributed by atoms with E-state index in [1.54, 1.807) is 0 Å². The number of benzene rings is 1. The van der Waals surface area contributed by atoms with Crippen molar-refractivity contribution < 1.29 is 19.1 Å². The summed E-state index contributed by atoms with van der Waals surface area (Å²) in [5.41, 5.74) is 0.397. The zero-order valence-corrected chi connectivity index (χ0v) is 13.1. The lowest BCUT2D eigenvalue weighted by molar-refractivity contribution is -0.151. The molecule has 0 aromatic heterocycles. The molecule has 4 rings (SSSR count). The smallest absolute Gasteiger partial charge is 0.312 e. The van der Waals surface area contributed by atoms with Crippen LogP contribution in [0.1, 0.15) is 18.5 Å². The number of likely N-dealkylation sites (tertiary alicyclic amines) is 1. The van der Waals surface area contributed by atoms with Gasteiger partial charge < -0.3 is 14.4 Å². The summed E-state index contributed by atoms with van der Waals surface area (Å²) in [5, 5.41) is 0. The van der Waals surface area contributed by atoms with Gasteiger partial charge >= 0.3 is 5.97 Å². The highest BCUT2D eigenvalue weighted by Gasteiger charge is 2.67. The van der Waals surface area contributed by atoms with Gasteiger partial charge in [-0.1, -0.05) is 42.5 Å². The summed E-state index contributed by atoms with van der Waals surface area (Å²) in [7, 11) is 1.36. The molecule has 23 heavy (non-hydrogen) atoms. The molecule has 1 aromatic rings. The largest absolute Gasteiger partial charge is 0.469 e. The normalized spacial score (nSPS) is 35.5. The Morgan fingerprint density at radius 2 is 2.13 bits per heavy atom. The van der Waals surface area contributed by atoms with E-state index in [1.807, 2.05) is 54.3 Å². The molecule has 0 saturated carbocycles. The molecular weight excluding hydrogens is 294 g/mol. The molecule has 1 spiro atoms. The summed E-state index contributed by atoms with van der Waals surface area (Å²) >= 11 is 0. The number of carbonyl (C=O) groups excluding carboxylic acids is 2. The Balaban J connectivity index is 1.67. The summed E-state index contributed by atoms with van der Waals surface area (Å²) < 4.78 is 10.9. The van der Waals surface area contributed by atoms with E-state index in [-0.39, 0.29) is 24.0 Å². The molecule has 2 bridgehead atoms. The molecule has 0 unspecified atom stereocenters. The fourth-order valence-electron chi connectivity index (χ4n) is 4.17. The number of esters is 1. The van der Waals surface area contributed by atoms with Gasteiger partial charge in [0.15, 0.2) is 0 Å². The average Bonchev–Trinajstić information content (AvgIpc) is 3.22. The predicted octanol–water partition coefficient (Wildman–Crippen LogP) is 1.70. The number of amides is 1. The summed E-state index contributed by atoms with van der Waals surface area (Å²) in [6.45, 7) is 2.49. The summed E-state index contributed by atoms with van der Waals surface area (Å²) in [5.74, 6) is -1.40. The third-order valence-electron chi connectivity index (χ3n) is 5.35. The van der Waals surface area contributed by atoms with E-state index in [0.717, 1.165) is 5.56 Å². The van der Waals surface area contributed by atoms with Crippen LogP contribution >= 0.6 is 0 Å². The molecule has 2 fully saturated rings. The lowest BCUT2D eigenvalue weighted by Crippen LogP contribution is -2.39. The molecule has 2 saturated heterocycles. The van der Waals surface area contributed by atoms with Crippen LogP contribution in [0.4, 0.5) is 0 Å². The SMILES string of the molecule is COC(=O)[C@H]1[C@@H]2C=C[C@@]3(CN([C@@H](C)c4ccccc4)C(=O)[C@@H]13)O2. The van der Waals surface area contributed by atoms with Crippen molar-refractivity contribution in [3.05, 3.63) is 48.0 Å². The minimum absolute atomic E-state index is 0.0244. The first-order chi connectivity index (χ1) is 11.1. The van der Waals surface area contributed by atoms with Crippen LogP contribution in [0.3, 0.4) is 0 Å². The van der Waals surface area contributed by atoms with Crippen molar-refractivity contribution in [2.24, 2.45) is 11.8 Å². The van der Waals surface area contributed by atoms with Crippen LogP contribution in [0.15, 0.2) is 42.5 Å². The zero-order chi connectivity index (χ0) is 16.2. The van der Waals surface area contributed by atoms with Crippen molar-refractivity contribution in [2.75, 3.05) is 13.7 Å². The Morgan fingerprint density at radius 1 is 1.39 bits per heavy atom. The van der Waals surface area contributed by atoms with E-state index in [9.17, 15) is 9.59 Å². The second kappa shape index (κ2) is 4.93. The lowest BCUT2D eigenvalue weighted by atomic mass is 9.77. The van der Waals surface area contributed by atoms with Gasteiger partial charge in [-0.05, 0) is 12.5 Å². The molecular formula is C18H19NO4. The number of hydrogen-bond donors (Lipinski definition) is 0. The highest BCUT2D eigenvalue weighted by Crippen LogP contribution is 2.53. The van der Waals surface area contributed by atoms with Gasteiger partial charge in [0.25, 0.3) is 0 Å². The third kappa shape index (κ3) is 1.89. The molecule has 3 aliphatic rings.